The first-order valence-corrected chi connectivity index (χ1v) is 2.75. The Morgan fingerprint density at radius 3 is 2.80 bits per heavy atom. The summed E-state index contributed by atoms with van der Waals surface area (Å²) < 4.78 is 4.64. The Hall–Kier alpha value is -1.29. The van der Waals surface area contributed by atoms with Crippen LogP contribution >= 0.6 is 0 Å². The van der Waals surface area contributed by atoms with Gasteiger partial charge < -0.3 is 15.3 Å². The van der Waals surface area contributed by atoms with Gasteiger partial charge in [-0.3, -0.25) is 0 Å². The quantitative estimate of drug-likeness (QED) is 0.626. The van der Waals surface area contributed by atoms with Crippen LogP contribution in [0.4, 0.5) is 0 Å². The number of hydrogen-bond acceptors (Lipinski definition) is 3. The Labute approximate surface area is 57.3 Å². The third-order valence-corrected chi connectivity index (χ3v) is 1.10. The lowest BCUT2D eigenvalue weighted by atomic mass is 10.3. The van der Waals surface area contributed by atoms with Crippen molar-refractivity contribution < 1.29 is 14.3 Å². The van der Waals surface area contributed by atoms with Gasteiger partial charge in [-0.05, 0) is 6.07 Å². The molecule has 0 bridgehead atoms. The van der Waals surface area contributed by atoms with Crippen molar-refractivity contribution in [2.45, 2.75) is 6.54 Å². The maximum atomic E-state index is 10.2. The van der Waals surface area contributed by atoms with Gasteiger partial charge in [0.05, 0.1) is 6.26 Å². The number of rotatable bonds is 2. The number of aromatic carboxylic acids is 1. The van der Waals surface area contributed by atoms with Crippen molar-refractivity contribution >= 4 is 5.97 Å². The smallest absolute Gasteiger partial charge is 0.371 e. The predicted octanol–water partition coefficient (Wildman–Crippen LogP) is 0.437. The van der Waals surface area contributed by atoms with Crippen LogP contribution in [0.15, 0.2) is 16.7 Å². The fourth-order valence-electron chi connectivity index (χ4n) is 0.595. The van der Waals surface area contributed by atoms with Crippen LogP contribution in [0.1, 0.15) is 16.1 Å². The van der Waals surface area contributed by atoms with E-state index in [0.29, 0.717) is 12.1 Å². The Morgan fingerprint density at radius 2 is 2.50 bits per heavy atom. The minimum Gasteiger partial charge on any atom is -0.475 e. The van der Waals surface area contributed by atoms with Gasteiger partial charge in [0.15, 0.2) is 0 Å². The molecule has 0 fully saturated rings. The van der Waals surface area contributed by atoms with Crippen molar-refractivity contribution in [2.75, 3.05) is 0 Å². The summed E-state index contributed by atoms with van der Waals surface area (Å²) in [5.74, 6) is -1.14. The fraction of sp³-hybridized carbons (Fsp3) is 0.167. The van der Waals surface area contributed by atoms with Crippen LogP contribution in [0.3, 0.4) is 0 Å². The zero-order valence-electron chi connectivity index (χ0n) is 5.20. The molecule has 0 amide bonds. The van der Waals surface area contributed by atoms with E-state index < -0.39 is 5.97 Å². The molecule has 0 unspecified atom stereocenters. The highest BCUT2D eigenvalue weighted by Gasteiger charge is 2.06. The van der Waals surface area contributed by atoms with E-state index in [9.17, 15) is 4.79 Å². The highest BCUT2D eigenvalue weighted by atomic mass is 16.4. The molecule has 0 saturated heterocycles. The standard InChI is InChI=1S/C6H7NO3/c7-2-4-1-5(6(8)9)10-3-4/h1,3H,2,7H2,(H,8,9). The predicted molar refractivity (Wildman–Crippen MR) is 33.6 cm³/mol. The highest BCUT2D eigenvalue weighted by Crippen LogP contribution is 2.05. The minimum atomic E-state index is -1.07. The molecule has 10 heavy (non-hydrogen) atoms. The van der Waals surface area contributed by atoms with E-state index in [-0.39, 0.29) is 5.76 Å². The molecule has 0 aliphatic carbocycles. The summed E-state index contributed by atoms with van der Waals surface area (Å²) in [4.78, 5) is 10.2. The molecule has 1 aromatic heterocycles. The Balaban J connectivity index is 2.88. The minimum absolute atomic E-state index is 0.0690. The van der Waals surface area contributed by atoms with Gasteiger partial charge >= 0.3 is 5.97 Å². The molecule has 0 aliphatic rings. The molecule has 4 heteroatoms. The summed E-state index contributed by atoms with van der Waals surface area (Å²) in [6.45, 7) is 0.302. The first-order chi connectivity index (χ1) is 4.74. The van der Waals surface area contributed by atoms with Crippen LogP contribution < -0.4 is 5.73 Å². The lowest BCUT2D eigenvalue weighted by Crippen LogP contribution is -1.95. The summed E-state index contributed by atoms with van der Waals surface area (Å²) in [7, 11) is 0. The molecule has 1 aromatic rings. The summed E-state index contributed by atoms with van der Waals surface area (Å²) in [5.41, 5.74) is 5.90. The van der Waals surface area contributed by atoms with Gasteiger partial charge in [-0.15, -0.1) is 0 Å². The number of carboxylic acid groups (broad SMARTS) is 1. The van der Waals surface area contributed by atoms with Crippen LogP contribution in [0.2, 0.25) is 0 Å². The normalized spacial score (nSPS) is 9.70. The molecule has 1 rings (SSSR count). The summed E-state index contributed by atoms with van der Waals surface area (Å²) in [6.07, 6.45) is 1.34. The average Bonchev–Trinajstić information content (AvgIpc) is 2.34. The number of hydrogen-bond donors (Lipinski definition) is 2. The van der Waals surface area contributed by atoms with E-state index in [1.807, 2.05) is 0 Å². The Morgan fingerprint density at radius 1 is 1.80 bits per heavy atom. The maximum absolute atomic E-state index is 10.2. The molecule has 1 heterocycles. The summed E-state index contributed by atoms with van der Waals surface area (Å²) >= 11 is 0. The first-order valence-electron chi connectivity index (χ1n) is 2.75. The van der Waals surface area contributed by atoms with Gasteiger partial charge in [0.25, 0.3) is 0 Å². The third-order valence-electron chi connectivity index (χ3n) is 1.10. The zero-order valence-corrected chi connectivity index (χ0v) is 5.20. The van der Waals surface area contributed by atoms with Crippen LogP contribution in [-0.2, 0) is 6.54 Å². The fourth-order valence-corrected chi connectivity index (χ4v) is 0.595. The van der Waals surface area contributed by atoms with Gasteiger partial charge in [-0.25, -0.2) is 4.79 Å². The van der Waals surface area contributed by atoms with Crippen molar-refractivity contribution in [3.63, 3.8) is 0 Å². The van der Waals surface area contributed by atoms with Crippen molar-refractivity contribution in [3.8, 4) is 0 Å². The molecule has 54 valence electrons. The lowest BCUT2D eigenvalue weighted by molar-refractivity contribution is 0.0662. The van der Waals surface area contributed by atoms with Crippen molar-refractivity contribution in [3.05, 3.63) is 23.7 Å². The van der Waals surface area contributed by atoms with E-state index in [1.165, 1.54) is 12.3 Å². The topological polar surface area (TPSA) is 76.5 Å². The molecule has 4 nitrogen and oxygen atoms in total. The van der Waals surface area contributed by atoms with Gasteiger partial charge in [0, 0.05) is 12.1 Å². The molecular formula is C6H7NO3. The number of carbonyl (C=O) groups is 1. The molecular weight excluding hydrogens is 134 g/mol. The SMILES string of the molecule is NCc1coc(C(=O)O)c1. The number of nitrogens with two attached hydrogens (primary N) is 1. The van der Waals surface area contributed by atoms with E-state index in [1.54, 1.807) is 0 Å². The Bertz CT molecular complexity index is 241. The molecule has 0 spiro atoms. The molecule has 0 aromatic carbocycles. The van der Waals surface area contributed by atoms with Gasteiger partial charge in [0.1, 0.15) is 0 Å². The molecule has 3 N–H and O–H groups in total. The second-order valence-electron chi connectivity index (χ2n) is 1.83. The van der Waals surface area contributed by atoms with Crippen molar-refractivity contribution in [2.24, 2.45) is 5.73 Å². The largest absolute Gasteiger partial charge is 0.475 e. The second-order valence-corrected chi connectivity index (χ2v) is 1.83. The monoisotopic (exact) mass is 141 g/mol. The summed E-state index contributed by atoms with van der Waals surface area (Å²) in [5, 5.41) is 8.36. The van der Waals surface area contributed by atoms with Crippen LogP contribution in [0.5, 0.6) is 0 Å². The van der Waals surface area contributed by atoms with E-state index in [2.05, 4.69) is 4.42 Å². The maximum Gasteiger partial charge on any atom is 0.371 e. The average molecular weight is 141 g/mol. The lowest BCUT2D eigenvalue weighted by Gasteiger charge is -1.80. The second kappa shape index (κ2) is 2.53. The molecule has 0 aliphatic heterocycles. The van der Waals surface area contributed by atoms with Gasteiger partial charge in [0.2, 0.25) is 5.76 Å². The zero-order chi connectivity index (χ0) is 7.56. The number of carboxylic acids is 1. The van der Waals surface area contributed by atoms with Crippen LogP contribution in [-0.4, -0.2) is 11.1 Å². The van der Waals surface area contributed by atoms with Crippen LogP contribution in [0, 0.1) is 0 Å². The third kappa shape index (κ3) is 1.16. The van der Waals surface area contributed by atoms with Crippen molar-refractivity contribution in [1.82, 2.24) is 0 Å². The Kier molecular flexibility index (Phi) is 1.73. The van der Waals surface area contributed by atoms with Crippen LogP contribution in [0.25, 0.3) is 0 Å². The van der Waals surface area contributed by atoms with E-state index in [4.69, 9.17) is 10.8 Å². The molecule has 0 saturated carbocycles. The van der Waals surface area contributed by atoms with E-state index in [0.717, 1.165) is 0 Å². The van der Waals surface area contributed by atoms with Crippen molar-refractivity contribution in [1.29, 1.82) is 0 Å². The molecule has 0 atom stereocenters. The first kappa shape index (κ1) is 6.82. The highest BCUT2D eigenvalue weighted by molar-refractivity contribution is 5.84. The number of furan rings is 1. The van der Waals surface area contributed by atoms with E-state index >= 15 is 0 Å². The molecule has 0 radical (unpaired) electrons. The summed E-state index contributed by atoms with van der Waals surface area (Å²) in [6, 6.07) is 1.41. The van der Waals surface area contributed by atoms with Gasteiger partial charge in [-0.2, -0.15) is 0 Å². The van der Waals surface area contributed by atoms with Gasteiger partial charge in [-0.1, -0.05) is 0 Å².